The van der Waals surface area contributed by atoms with Crippen molar-refractivity contribution in [3.8, 4) is 0 Å². The van der Waals surface area contributed by atoms with Gasteiger partial charge in [-0.1, -0.05) is 43.3 Å². The normalized spacial score (nSPS) is 11.6. The van der Waals surface area contributed by atoms with Gasteiger partial charge in [-0.05, 0) is 30.7 Å². The van der Waals surface area contributed by atoms with Gasteiger partial charge in [-0.25, -0.2) is 0 Å². The second-order valence-electron chi connectivity index (χ2n) is 5.49. The molecule has 0 aromatic heterocycles. The molecule has 0 radical (unpaired) electrons. The number of anilines is 1. The number of hydrogen-bond acceptors (Lipinski definition) is 2. The molecule has 23 heavy (non-hydrogen) atoms. The van der Waals surface area contributed by atoms with Crippen LogP contribution in [0.25, 0.3) is 0 Å². The summed E-state index contributed by atoms with van der Waals surface area (Å²) < 4.78 is 0. The van der Waals surface area contributed by atoms with Crippen LogP contribution in [0.2, 0.25) is 0 Å². The van der Waals surface area contributed by atoms with E-state index >= 15 is 0 Å². The average Bonchev–Trinajstić information content (AvgIpc) is 2.60. The van der Waals surface area contributed by atoms with Crippen LogP contribution in [0.15, 0.2) is 54.6 Å². The molecule has 1 N–H and O–H groups in total. The maximum absolute atomic E-state index is 12.7. The fourth-order valence-corrected chi connectivity index (χ4v) is 2.31. The van der Waals surface area contributed by atoms with Crippen LogP contribution in [0, 0.1) is 0 Å². The molecule has 0 saturated carbocycles. The van der Waals surface area contributed by atoms with Crippen molar-refractivity contribution in [1.82, 2.24) is 4.90 Å². The summed E-state index contributed by atoms with van der Waals surface area (Å²) in [6.45, 7) is 3.79. The minimum atomic E-state index is -0.0750. The zero-order chi connectivity index (χ0) is 16.8. The quantitative estimate of drug-likeness (QED) is 0.911. The predicted octanol–water partition coefficient (Wildman–Crippen LogP) is 3.87. The molecular weight excluding hydrogens is 288 g/mol. The maximum Gasteiger partial charge on any atom is 0.254 e. The van der Waals surface area contributed by atoms with Gasteiger partial charge < -0.3 is 10.2 Å². The van der Waals surface area contributed by atoms with Crippen LogP contribution in [0.1, 0.15) is 42.2 Å². The molecule has 0 bridgehead atoms. The van der Waals surface area contributed by atoms with Crippen LogP contribution in [-0.4, -0.2) is 23.8 Å². The van der Waals surface area contributed by atoms with Crippen molar-refractivity contribution in [2.45, 2.75) is 26.3 Å². The van der Waals surface area contributed by atoms with Crippen molar-refractivity contribution in [2.75, 3.05) is 12.4 Å². The summed E-state index contributed by atoms with van der Waals surface area (Å²) in [5.74, 6) is -0.144. The van der Waals surface area contributed by atoms with Crippen LogP contribution in [0.4, 0.5) is 5.69 Å². The minimum absolute atomic E-state index is 0.0300. The highest BCUT2D eigenvalue weighted by Crippen LogP contribution is 2.21. The number of rotatable bonds is 5. The van der Waals surface area contributed by atoms with Gasteiger partial charge in [-0.3, -0.25) is 9.59 Å². The summed E-state index contributed by atoms with van der Waals surface area (Å²) in [4.78, 5) is 25.9. The summed E-state index contributed by atoms with van der Waals surface area (Å²) in [7, 11) is 1.79. The predicted molar refractivity (Wildman–Crippen MR) is 92.3 cm³/mol. The Morgan fingerprint density at radius 3 is 2.43 bits per heavy atom. The number of benzene rings is 2. The van der Waals surface area contributed by atoms with Gasteiger partial charge in [0.05, 0.1) is 6.04 Å². The van der Waals surface area contributed by atoms with E-state index in [4.69, 9.17) is 0 Å². The lowest BCUT2D eigenvalue weighted by molar-refractivity contribution is -0.115. The lowest BCUT2D eigenvalue weighted by atomic mass is 10.1. The Morgan fingerprint density at radius 2 is 1.78 bits per heavy atom. The summed E-state index contributed by atoms with van der Waals surface area (Å²) >= 11 is 0. The molecule has 120 valence electrons. The van der Waals surface area contributed by atoms with Gasteiger partial charge in [0.25, 0.3) is 5.91 Å². The van der Waals surface area contributed by atoms with E-state index in [-0.39, 0.29) is 17.9 Å². The first-order valence-electron chi connectivity index (χ1n) is 7.75. The van der Waals surface area contributed by atoms with Gasteiger partial charge in [0.15, 0.2) is 0 Å². The number of nitrogens with one attached hydrogen (secondary N) is 1. The zero-order valence-corrected chi connectivity index (χ0v) is 13.7. The Hall–Kier alpha value is -2.62. The van der Waals surface area contributed by atoms with Crippen LogP contribution in [0.5, 0.6) is 0 Å². The summed E-state index contributed by atoms with van der Waals surface area (Å²) in [5, 5.41) is 2.78. The van der Waals surface area contributed by atoms with Crippen molar-refractivity contribution in [3.05, 3.63) is 65.7 Å². The first kappa shape index (κ1) is 16.7. The topological polar surface area (TPSA) is 49.4 Å². The summed E-state index contributed by atoms with van der Waals surface area (Å²) in [6, 6.07) is 16.9. The number of amides is 2. The average molecular weight is 310 g/mol. The Morgan fingerprint density at radius 1 is 1.09 bits per heavy atom. The third-order valence-electron chi connectivity index (χ3n) is 3.90. The molecule has 2 rings (SSSR count). The molecule has 1 unspecified atom stereocenters. The zero-order valence-electron chi connectivity index (χ0n) is 13.7. The van der Waals surface area contributed by atoms with E-state index < -0.39 is 0 Å². The molecule has 2 aromatic carbocycles. The number of carbonyl (C=O) groups is 2. The smallest absolute Gasteiger partial charge is 0.254 e. The Labute approximate surface area is 137 Å². The van der Waals surface area contributed by atoms with E-state index in [1.165, 1.54) is 0 Å². The van der Waals surface area contributed by atoms with Gasteiger partial charge in [0, 0.05) is 24.7 Å². The van der Waals surface area contributed by atoms with Gasteiger partial charge in [0.2, 0.25) is 5.91 Å². The number of carbonyl (C=O) groups excluding carboxylic acids is 2. The van der Waals surface area contributed by atoms with E-state index in [1.54, 1.807) is 43.1 Å². The standard InChI is InChI=1S/C19H22N2O2/c1-4-18(22)20-17-12-8-11-16(13-17)19(23)21(3)14(2)15-9-6-5-7-10-15/h5-14H,4H2,1-3H3,(H,20,22). The SMILES string of the molecule is CCC(=O)Nc1cccc(C(=O)N(C)C(C)c2ccccc2)c1. The van der Waals surface area contributed by atoms with Gasteiger partial charge >= 0.3 is 0 Å². The Bertz CT molecular complexity index is 683. The maximum atomic E-state index is 12.7. The van der Waals surface area contributed by atoms with E-state index in [0.717, 1.165) is 5.56 Å². The van der Waals surface area contributed by atoms with Crippen LogP contribution in [-0.2, 0) is 4.79 Å². The van der Waals surface area contributed by atoms with E-state index in [9.17, 15) is 9.59 Å². The van der Waals surface area contributed by atoms with Crippen LogP contribution in [0.3, 0.4) is 0 Å². The second-order valence-corrected chi connectivity index (χ2v) is 5.49. The molecule has 0 aliphatic heterocycles. The number of nitrogens with zero attached hydrogens (tertiary/aromatic N) is 1. The highest BCUT2D eigenvalue weighted by Gasteiger charge is 2.19. The minimum Gasteiger partial charge on any atom is -0.335 e. The molecule has 1 atom stereocenters. The molecule has 2 amide bonds. The highest BCUT2D eigenvalue weighted by molar-refractivity contribution is 5.97. The largest absolute Gasteiger partial charge is 0.335 e. The van der Waals surface area contributed by atoms with Gasteiger partial charge in [0.1, 0.15) is 0 Å². The van der Waals surface area contributed by atoms with Crippen molar-refractivity contribution in [1.29, 1.82) is 0 Å². The lowest BCUT2D eigenvalue weighted by Crippen LogP contribution is -2.29. The lowest BCUT2D eigenvalue weighted by Gasteiger charge is -2.25. The van der Waals surface area contributed by atoms with Crippen molar-refractivity contribution in [2.24, 2.45) is 0 Å². The van der Waals surface area contributed by atoms with Crippen LogP contribution >= 0.6 is 0 Å². The monoisotopic (exact) mass is 310 g/mol. The molecule has 4 heteroatoms. The third kappa shape index (κ3) is 4.19. The molecule has 0 aliphatic rings. The third-order valence-corrected chi connectivity index (χ3v) is 3.90. The molecule has 0 heterocycles. The van der Waals surface area contributed by atoms with E-state index in [0.29, 0.717) is 17.7 Å². The van der Waals surface area contributed by atoms with Gasteiger partial charge in [-0.15, -0.1) is 0 Å². The molecule has 0 spiro atoms. The first-order valence-corrected chi connectivity index (χ1v) is 7.75. The summed E-state index contributed by atoms with van der Waals surface area (Å²) in [5.41, 5.74) is 2.28. The molecular formula is C19H22N2O2. The Kier molecular flexibility index (Phi) is 5.52. The highest BCUT2D eigenvalue weighted by atomic mass is 16.2. The summed E-state index contributed by atoms with van der Waals surface area (Å²) in [6.07, 6.45) is 0.406. The Balaban J connectivity index is 2.16. The van der Waals surface area contributed by atoms with Crippen LogP contribution < -0.4 is 5.32 Å². The molecule has 2 aromatic rings. The van der Waals surface area contributed by atoms with Crippen molar-refractivity contribution < 1.29 is 9.59 Å². The fourth-order valence-electron chi connectivity index (χ4n) is 2.31. The first-order chi connectivity index (χ1) is 11.0. The molecule has 0 saturated heterocycles. The second kappa shape index (κ2) is 7.58. The molecule has 4 nitrogen and oxygen atoms in total. The van der Waals surface area contributed by atoms with E-state index in [2.05, 4.69) is 5.32 Å². The van der Waals surface area contributed by atoms with Crippen molar-refractivity contribution >= 4 is 17.5 Å². The fraction of sp³-hybridized carbons (Fsp3) is 0.263. The van der Waals surface area contributed by atoms with Crippen molar-refractivity contribution in [3.63, 3.8) is 0 Å². The van der Waals surface area contributed by atoms with Gasteiger partial charge in [-0.2, -0.15) is 0 Å². The molecule has 0 fully saturated rings. The molecule has 0 aliphatic carbocycles. The van der Waals surface area contributed by atoms with E-state index in [1.807, 2.05) is 37.3 Å². The number of hydrogen-bond donors (Lipinski definition) is 1.